The molecule has 0 fully saturated rings. The largest absolute Gasteiger partial charge is 0.493 e. The van der Waals surface area contributed by atoms with Crippen LogP contribution in [0.2, 0.25) is 0 Å². The van der Waals surface area contributed by atoms with Gasteiger partial charge in [0.1, 0.15) is 18.1 Å². The number of oxazole rings is 1. The Labute approximate surface area is 149 Å². The average molecular weight is 344 g/mol. The maximum absolute atomic E-state index is 5.80. The zero-order valence-corrected chi connectivity index (χ0v) is 15.6. The molecule has 1 aromatic carbocycles. The summed E-state index contributed by atoms with van der Waals surface area (Å²) in [6.45, 7) is 10.6. The number of nitrogens with zero attached hydrogens (tertiary/aromatic N) is 2. The van der Waals surface area contributed by atoms with Gasteiger partial charge in [0.05, 0.1) is 12.3 Å². The maximum Gasteiger partial charge on any atom is 0.216 e. The van der Waals surface area contributed by atoms with E-state index in [1.807, 2.05) is 39.0 Å². The fourth-order valence-corrected chi connectivity index (χ4v) is 2.27. The molecule has 2 rings (SSSR count). The van der Waals surface area contributed by atoms with Crippen LogP contribution in [0.15, 0.2) is 33.7 Å². The van der Waals surface area contributed by atoms with Gasteiger partial charge in [0.2, 0.25) is 5.89 Å². The Balaban J connectivity index is 1.75. The number of aryl methyl sites for hydroxylation is 3. The molecule has 0 saturated heterocycles. The van der Waals surface area contributed by atoms with E-state index in [1.165, 1.54) is 0 Å². The van der Waals surface area contributed by atoms with Crippen LogP contribution in [0.3, 0.4) is 0 Å². The van der Waals surface area contributed by atoms with Gasteiger partial charge in [-0.3, -0.25) is 0 Å². The van der Waals surface area contributed by atoms with Crippen molar-refractivity contribution in [3.8, 4) is 5.75 Å². The van der Waals surface area contributed by atoms with E-state index in [9.17, 15) is 0 Å². The number of ether oxygens (including phenoxy) is 1. The molecule has 0 amide bonds. The highest BCUT2D eigenvalue weighted by Gasteiger charge is 2.05. The molecule has 0 aliphatic heterocycles. The molecular formula is C19H28N4O2. The Hall–Kier alpha value is -2.50. The van der Waals surface area contributed by atoms with Crippen LogP contribution in [0.1, 0.15) is 36.3 Å². The first-order chi connectivity index (χ1) is 12.1. The van der Waals surface area contributed by atoms with Gasteiger partial charge in [0, 0.05) is 13.1 Å². The summed E-state index contributed by atoms with van der Waals surface area (Å²) in [6, 6.07) is 8.05. The van der Waals surface area contributed by atoms with Gasteiger partial charge >= 0.3 is 0 Å². The topological polar surface area (TPSA) is 71.7 Å². The smallest absolute Gasteiger partial charge is 0.216 e. The standard InChI is InChI=1S/C19H28N4O2/c1-5-20-19(22-13-18-23-15(3)16(4)25-18)21-11-8-12-24-17-10-7-6-9-14(17)2/h6-7,9-10H,5,8,11-13H2,1-4H3,(H2,20,21,22). The van der Waals surface area contributed by atoms with Gasteiger partial charge < -0.3 is 19.8 Å². The van der Waals surface area contributed by atoms with Crippen molar-refractivity contribution in [2.24, 2.45) is 4.99 Å². The van der Waals surface area contributed by atoms with E-state index in [2.05, 4.69) is 33.6 Å². The molecule has 136 valence electrons. The number of para-hydroxylation sites is 1. The Morgan fingerprint density at radius 2 is 2.00 bits per heavy atom. The third-order valence-electron chi connectivity index (χ3n) is 3.75. The number of benzene rings is 1. The molecular weight excluding hydrogens is 316 g/mol. The van der Waals surface area contributed by atoms with Crippen molar-refractivity contribution in [2.75, 3.05) is 19.7 Å². The molecule has 0 spiro atoms. The summed E-state index contributed by atoms with van der Waals surface area (Å²) in [5.41, 5.74) is 2.07. The summed E-state index contributed by atoms with van der Waals surface area (Å²) in [4.78, 5) is 8.85. The minimum Gasteiger partial charge on any atom is -0.493 e. The van der Waals surface area contributed by atoms with Gasteiger partial charge in [0.25, 0.3) is 0 Å². The monoisotopic (exact) mass is 344 g/mol. The lowest BCUT2D eigenvalue weighted by molar-refractivity contribution is 0.309. The van der Waals surface area contributed by atoms with E-state index >= 15 is 0 Å². The molecule has 0 radical (unpaired) electrons. The van der Waals surface area contributed by atoms with Gasteiger partial charge in [-0.2, -0.15) is 0 Å². The molecule has 0 bridgehead atoms. The first kappa shape index (κ1) is 18.8. The second-order valence-electron chi connectivity index (χ2n) is 5.84. The molecule has 0 aliphatic carbocycles. The Kier molecular flexibility index (Phi) is 7.32. The molecule has 6 nitrogen and oxygen atoms in total. The fourth-order valence-electron chi connectivity index (χ4n) is 2.27. The van der Waals surface area contributed by atoms with Crippen molar-refractivity contribution in [3.05, 3.63) is 47.2 Å². The van der Waals surface area contributed by atoms with Crippen LogP contribution in [0, 0.1) is 20.8 Å². The van der Waals surface area contributed by atoms with Crippen LogP contribution < -0.4 is 15.4 Å². The van der Waals surface area contributed by atoms with Crippen LogP contribution in [0.25, 0.3) is 0 Å². The van der Waals surface area contributed by atoms with Crippen molar-refractivity contribution in [2.45, 2.75) is 40.7 Å². The minimum absolute atomic E-state index is 0.420. The summed E-state index contributed by atoms with van der Waals surface area (Å²) in [5.74, 6) is 3.18. The number of hydrogen-bond donors (Lipinski definition) is 2. The van der Waals surface area contributed by atoms with E-state index in [0.717, 1.165) is 48.2 Å². The van der Waals surface area contributed by atoms with Crippen LogP contribution in [0.4, 0.5) is 0 Å². The molecule has 2 aromatic rings. The van der Waals surface area contributed by atoms with E-state index in [-0.39, 0.29) is 0 Å². The van der Waals surface area contributed by atoms with Gasteiger partial charge in [-0.1, -0.05) is 18.2 Å². The second-order valence-corrected chi connectivity index (χ2v) is 5.84. The second kappa shape index (κ2) is 9.71. The minimum atomic E-state index is 0.420. The predicted octanol–water partition coefficient (Wildman–Crippen LogP) is 3.12. The number of guanidine groups is 1. The highest BCUT2D eigenvalue weighted by molar-refractivity contribution is 5.79. The third kappa shape index (κ3) is 6.14. The lowest BCUT2D eigenvalue weighted by atomic mass is 10.2. The van der Waals surface area contributed by atoms with Crippen LogP contribution in [-0.4, -0.2) is 30.6 Å². The lowest BCUT2D eigenvalue weighted by Crippen LogP contribution is -2.38. The summed E-state index contributed by atoms with van der Waals surface area (Å²) in [6.07, 6.45) is 0.885. The van der Waals surface area contributed by atoms with Crippen LogP contribution >= 0.6 is 0 Å². The summed E-state index contributed by atoms with van der Waals surface area (Å²) in [5, 5.41) is 6.52. The van der Waals surface area contributed by atoms with Gasteiger partial charge in [-0.05, 0) is 45.7 Å². The molecule has 0 saturated carbocycles. The quantitative estimate of drug-likeness (QED) is 0.437. The average Bonchev–Trinajstić information content (AvgIpc) is 2.92. The van der Waals surface area contributed by atoms with Crippen molar-refractivity contribution in [1.29, 1.82) is 0 Å². The highest BCUT2D eigenvalue weighted by atomic mass is 16.5. The Morgan fingerprint density at radius 3 is 2.68 bits per heavy atom. The SMILES string of the molecule is CCNC(=NCc1nc(C)c(C)o1)NCCCOc1ccccc1C. The van der Waals surface area contributed by atoms with Gasteiger partial charge in [0.15, 0.2) is 5.96 Å². The van der Waals surface area contributed by atoms with Crippen molar-refractivity contribution >= 4 is 5.96 Å². The van der Waals surface area contributed by atoms with Gasteiger partial charge in [-0.25, -0.2) is 9.98 Å². The number of rotatable bonds is 8. The first-order valence-corrected chi connectivity index (χ1v) is 8.73. The highest BCUT2D eigenvalue weighted by Crippen LogP contribution is 2.16. The molecule has 25 heavy (non-hydrogen) atoms. The number of hydrogen-bond acceptors (Lipinski definition) is 4. The Bertz CT molecular complexity index is 675. The fraction of sp³-hybridized carbons (Fsp3) is 0.474. The van der Waals surface area contributed by atoms with E-state index < -0.39 is 0 Å². The van der Waals surface area contributed by atoms with Gasteiger partial charge in [-0.15, -0.1) is 0 Å². The zero-order chi connectivity index (χ0) is 18.1. The molecule has 0 atom stereocenters. The third-order valence-corrected chi connectivity index (χ3v) is 3.75. The van der Waals surface area contributed by atoms with Crippen molar-refractivity contribution in [3.63, 3.8) is 0 Å². The van der Waals surface area contributed by atoms with E-state index in [1.54, 1.807) is 0 Å². The van der Waals surface area contributed by atoms with E-state index in [0.29, 0.717) is 19.0 Å². The van der Waals surface area contributed by atoms with Crippen molar-refractivity contribution < 1.29 is 9.15 Å². The van der Waals surface area contributed by atoms with Crippen LogP contribution in [-0.2, 0) is 6.54 Å². The maximum atomic E-state index is 5.80. The molecule has 0 unspecified atom stereocenters. The number of nitrogens with one attached hydrogen (secondary N) is 2. The summed E-state index contributed by atoms with van der Waals surface area (Å²) < 4.78 is 11.4. The molecule has 1 aromatic heterocycles. The molecule has 2 N–H and O–H groups in total. The number of aromatic nitrogens is 1. The Morgan fingerprint density at radius 1 is 1.20 bits per heavy atom. The number of aliphatic imine (C=N–C) groups is 1. The van der Waals surface area contributed by atoms with Crippen LogP contribution in [0.5, 0.6) is 5.75 Å². The summed E-state index contributed by atoms with van der Waals surface area (Å²) >= 11 is 0. The molecule has 6 heteroatoms. The lowest BCUT2D eigenvalue weighted by Gasteiger charge is -2.12. The zero-order valence-electron chi connectivity index (χ0n) is 15.6. The van der Waals surface area contributed by atoms with E-state index in [4.69, 9.17) is 9.15 Å². The normalized spacial score (nSPS) is 11.4. The molecule has 0 aliphatic rings. The summed E-state index contributed by atoms with van der Waals surface area (Å²) in [7, 11) is 0. The first-order valence-electron chi connectivity index (χ1n) is 8.73. The predicted molar refractivity (Wildman–Crippen MR) is 100 cm³/mol. The molecule has 1 heterocycles. The van der Waals surface area contributed by atoms with Crippen molar-refractivity contribution in [1.82, 2.24) is 15.6 Å².